The maximum atomic E-state index is 12.1. The highest BCUT2D eigenvalue weighted by atomic mass is 32.2. The Morgan fingerprint density at radius 2 is 1.14 bits per heavy atom. The number of hydrogen-bond donors (Lipinski definition) is 2. The topological polar surface area (TPSA) is 83.6 Å². The zero-order valence-corrected chi connectivity index (χ0v) is 23.0. The minimum absolute atomic E-state index is 0.324. The van der Waals surface area contributed by atoms with Gasteiger partial charge in [-0.15, -0.1) is 11.8 Å². The van der Waals surface area contributed by atoms with Gasteiger partial charge < -0.3 is 15.7 Å². The molecular weight excluding hydrogens is 456 g/mol. The molecule has 0 unspecified atom stereocenters. The van der Waals surface area contributed by atoms with Crippen molar-refractivity contribution in [1.82, 2.24) is 4.90 Å². The van der Waals surface area contributed by atoms with E-state index < -0.39 is 11.8 Å². The largest absolute Gasteiger partial charge is 0.508 e. The highest BCUT2D eigenvalue weighted by Crippen LogP contribution is 2.22. The number of carbonyl (C=O) groups excluding carboxylic acids is 2. The van der Waals surface area contributed by atoms with Crippen LogP contribution < -0.4 is 5.73 Å². The molecule has 35 heavy (non-hydrogen) atoms. The van der Waals surface area contributed by atoms with Crippen LogP contribution in [0.5, 0.6) is 5.75 Å². The fourth-order valence-corrected chi connectivity index (χ4v) is 5.19. The van der Waals surface area contributed by atoms with Gasteiger partial charge in [-0.2, -0.15) is 0 Å². The molecule has 6 heteroatoms. The van der Waals surface area contributed by atoms with E-state index in [1.807, 2.05) is 23.9 Å². The molecule has 0 aromatic heterocycles. The lowest BCUT2D eigenvalue weighted by Crippen LogP contribution is -2.41. The van der Waals surface area contributed by atoms with Gasteiger partial charge in [-0.1, -0.05) is 96.8 Å². The van der Waals surface area contributed by atoms with Crippen molar-refractivity contribution in [2.75, 3.05) is 18.8 Å². The van der Waals surface area contributed by atoms with Crippen LogP contribution in [0.2, 0.25) is 0 Å². The Hall–Kier alpha value is -1.69. The predicted octanol–water partition coefficient (Wildman–Crippen LogP) is 7.45. The first-order valence-corrected chi connectivity index (χ1v) is 15.0. The summed E-state index contributed by atoms with van der Waals surface area (Å²) in [5.41, 5.74) is 5.26. The van der Waals surface area contributed by atoms with E-state index in [1.165, 1.54) is 88.4 Å². The van der Waals surface area contributed by atoms with Crippen molar-refractivity contribution in [3.63, 3.8) is 0 Å². The zero-order chi connectivity index (χ0) is 25.6. The molecule has 3 N–H and O–H groups in total. The van der Waals surface area contributed by atoms with Crippen molar-refractivity contribution >= 4 is 23.6 Å². The van der Waals surface area contributed by atoms with Gasteiger partial charge in [-0.25, -0.2) is 0 Å². The second-order valence-electron chi connectivity index (χ2n) is 9.66. The lowest BCUT2D eigenvalue weighted by atomic mass is 10.1. The van der Waals surface area contributed by atoms with Crippen LogP contribution in [-0.2, 0) is 9.59 Å². The number of unbranched alkanes of at least 4 members (excludes halogenated alkanes) is 15. The molecule has 1 aromatic rings. The molecule has 0 saturated carbocycles. The van der Waals surface area contributed by atoms with Crippen LogP contribution in [0.3, 0.4) is 0 Å². The lowest BCUT2D eigenvalue weighted by Gasteiger charge is -2.21. The maximum Gasteiger partial charge on any atom is 0.311 e. The molecule has 0 bridgehead atoms. The van der Waals surface area contributed by atoms with E-state index in [2.05, 4.69) is 6.92 Å². The monoisotopic (exact) mass is 506 g/mol. The second kappa shape index (κ2) is 21.6. The van der Waals surface area contributed by atoms with Crippen LogP contribution in [-0.4, -0.2) is 40.7 Å². The first kappa shape index (κ1) is 31.3. The van der Waals surface area contributed by atoms with Gasteiger partial charge in [0.05, 0.1) is 0 Å². The van der Waals surface area contributed by atoms with E-state index in [0.29, 0.717) is 18.8 Å². The molecule has 0 aliphatic heterocycles. The Kier molecular flexibility index (Phi) is 19.3. The van der Waals surface area contributed by atoms with Crippen molar-refractivity contribution in [3.05, 3.63) is 24.3 Å². The number of primary amides is 1. The smallest absolute Gasteiger partial charge is 0.311 e. The van der Waals surface area contributed by atoms with Crippen LogP contribution in [0.25, 0.3) is 0 Å². The summed E-state index contributed by atoms with van der Waals surface area (Å²) in [5, 5.41) is 9.31. The maximum absolute atomic E-state index is 12.1. The van der Waals surface area contributed by atoms with E-state index in [9.17, 15) is 14.7 Å². The summed E-state index contributed by atoms with van der Waals surface area (Å²) < 4.78 is 0. The van der Waals surface area contributed by atoms with Crippen molar-refractivity contribution in [1.29, 1.82) is 0 Å². The molecule has 0 heterocycles. The number of phenolic OH excluding ortho intramolecular Hbond substituents is 1. The summed E-state index contributed by atoms with van der Waals surface area (Å²) in [4.78, 5) is 26.4. The molecule has 0 radical (unpaired) electrons. The summed E-state index contributed by atoms with van der Waals surface area (Å²) in [6, 6.07) is 7.43. The molecule has 2 amide bonds. The SMILES string of the molecule is CCCCCCCCCCN(CCCCCCCCCCCSc1ccc(O)cc1)C(=O)C(N)=O. The number of thioether (sulfide) groups is 1. The van der Waals surface area contributed by atoms with Gasteiger partial charge in [-0.05, 0) is 49.3 Å². The second-order valence-corrected chi connectivity index (χ2v) is 10.8. The molecule has 5 nitrogen and oxygen atoms in total. The normalized spacial score (nSPS) is 11.0. The first-order chi connectivity index (χ1) is 17.0. The fraction of sp³-hybridized carbons (Fsp3) is 0.724. The van der Waals surface area contributed by atoms with Crippen molar-refractivity contribution in [2.24, 2.45) is 5.73 Å². The van der Waals surface area contributed by atoms with Crippen molar-refractivity contribution in [2.45, 2.75) is 121 Å². The number of phenols is 1. The van der Waals surface area contributed by atoms with E-state index in [4.69, 9.17) is 5.73 Å². The fourth-order valence-electron chi connectivity index (χ4n) is 4.28. The average Bonchev–Trinajstić information content (AvgIpc) is 2.85. The molecule has 0 aliphatic carbocycles. The summed E-state index contributed by atoms with van der Waals surface area (Å²) in [6.07, 6.45) is 20.6. The molecule has 200 valence electrons. The third-order valence-electron chi connectivity index (χ3n) is 6.46. The summed E-state index contributed by atoms with van der Waals surface area (Å²) >= 11 is 1.85. The van der Waals surface area contributed by atoms with Gasteiger partial charge in [0.15, 0.2) is 0 Å². The van der Waals surface area contributed by atoms with E-state index in [1.54, 1.807) is 17.0 Å². The highest BCUT2D eigenvalue weighted by molar-refractivity contribution is 7.99. The van der Waals surface area contributed by atoms with E-state index in [-0.39, 0.29) is 0 Å². The number of rotatable bonds is 22. The zero-order valence-electron chi connectivity index (χ0n) is 22.1. The van der Waals surface area contributed by atoms with Gasteiger partial charge in [-0.3, -0.25) is 9.59 Å². The van der Waals surface area contributed by atoms with Gasteiger partial charge in [0.2, 0.25) is 0 Å². The van der Waals surface area contributed by atoms with E-state index in [0.717, 1.165) is 31.4 Å². The average molecular weight is 507 g/mol. The third-order valence-corrected chi connectivity index (χ3v) is 7.56. The van der Waals surface area contributed by atoms with Gasteiger partial charge in [0, 0.05) is 18.0 Å². The summed E-state index contributed by atoms with van der Waals surface area (Å²) in [6.45, 7) is 3.54. The first-order valence-electron chi connectivity index (χ1n) is 14.0. The quantitative estimate of drug-likeness (QED) is 0.0971. The molecule has 0 spiro atoms. The summed E-state index contributed by atoms with van der Waals surface area (Å²) in [5.74, 6) is 0.108. The molecule has 0 saturated heterocycles. The number of amides is 2. The Morgan fingerprint density at radius 1 is 0.714 bits per heavy atom. The minimum Gasteiger partial charge on any atom is -0.508 e. The summed E-state index contributed by atoms with van der Waals surface area (Å²) in [7, 11) is 0. The third kappa shape index (κ3) is 17.4. The van der Waals surface area contributed by atoms with E-state index >= 15 is 0 Å². The molecular formula is C29H50N2O3S. The van der Waals surface area contributed by atoms with Crippen LogP contribution in [0.1, 0.15) is 116 Å². The van der Waals surface area contributed by atoms with Crippen molar-refractivity contribution < 1.29 is 14.7 Å². The number of benzene rings is 1. The number of hydrogen-bond acceptors (Lipinski definition) is 4. The Morgan fingerprint density at radius 3 is 1.60 bits per heavy atom. The standard InChI is InChI=1S/C29H50N2O3S/c1-2-3-4-5-6-10-13-16-23-31(29(34)28(30)33)24-17-14-11-8-7-9-12-15-18-25-35-27-21-19-26(32)20-22-27/h19-22,32H,2-18,23-25H2,1H3,(H2,30,33). The van der Waals surface area contributed by atoms with Crippen LogP contribution in [0, 0.1) is 0 Å². The predicted molar refractivity (Wildman–Crippen MR) is 149 cm³/mol. The Labute approximate surface area is 218 Å². The number of aromatic hydroxyl groups is 1. The van der Waals surface area contributed by atoms with Crippen LogP contribution in [0.4, 0.5) is 0 Å². The number of carbonyl (C=O) groups is 2. The van der Waals surface area contributed by atoms with Crippen LogP contribution >= 0.6 is 11.8 Å². The van der Waals surface area contributed by atoms with Gasteiger partial charge >= 0.3 is 11.8 Å². The Bertz CT molecular complexity index is 666. The highest BCUT2D eigenvalue weighted by Gasteiger charge is 2.17. The number of nitrogens with zero attached hydrogens (tertiary/aromatic N) is 1. The van der Waals surface area contributed by atoms with Gasteiger partial charge in [0.25, 0.3) is 0 Å². The van der Waals surface area contributed by atoms with Crippen LogP contribution in [0.15, 0.2) is 29.2 Å². The lowest BCUT2D eigenvalue weighted by molar-refractivity contribution is -0.144. The molecule has 0 aliphatic rings. The minimum atomic E-state index is -0.828. The van der Waals surface area contributed by atoms with Crippen molar-refractivity contribution in [3.8, 4) is 5.75 Å². The van der Waals surface area contributed by atoms with Gasteiger partial charge in [0.1, 0.15) is 5.75 Å². The molecule has 0 atom stereocenters. The Balaban J connectivity index is 1.99. The molecule has 1 rings (SSSR count). The molecule has 0 fully saturated rings. The number of nitrogens with two attached hydrogens (primary N) is 1. The molecule has 1 aromatic carbocycles.